The summed E-state index contributed by atoms with van der Waals surface area (Å²) >= 11 is 6.02. The first kappa shape index (κ1) is 10.6. The minimum Gasteiger partial charge on any atom is -0.384 e. The Bertz CT molecular complexity index is 500. The highest BCUT2D eigenvalue weighted by molar-refractivity contribution is 6.32. The number of anilines is 2. The molecule has 5 nitrogen and oxygen atoms in total. The van der Waals surface area contributed by atoms with Gasteiger partial charge >= 0.3 is 0 Å². The minimum absolute atomic E-state index is 0.162. The van der Waals surface area contributed by atoms with E-state index in [0.717, 1.165) is 11.1 Å². The van der Waals surface area contributed by atoms with Gasteiger partial charge in [0.2, 0.25) is 5.95 Å². The summed E-state index contributed by atoms with van der Waals surface area (Å²) in [5.74, 6) is 0.614. The number of nitrogens with zero attached hydrogens (tertiary/aromatic N) is 3. The molecular formula is C10H10ClN5. The maximum Gasteiger partial charge on any atom is 0.221 e. The molecule has 4 N–H and O–H groups in total. The lowest BCUT2D eigenvalue weighted by Crippen LogP contribution is -2.00. The van der Waals surface area contributed by atoms with Gasteiger partial charge in [-0.05, 0) is 19.1 Å². The van der Waals surface area contributed by atoms with Gasteiger partial charge in [0.1, 0.15) is 11.0 Å². The molecule has 0 amide bonds. The lowest BCUT2D eigenvalue weighted by atomic mass is 10.1. The molecular weight excluding hydrogens is 226 g/mol. The van der Waals surface area contributed by atoms with Gasteiger partial charge < -0.3 is 11.5 Å². The Kier molecular flexibility index (Phi) is 2.62. The molecule has 0 aromatic carbocycles. The van der Waals surface area contributed by atoms with Crippen molar-refractivity contribution in [2.24, 2.45) is 0 Å². The van der Waals surface area contributed by atoms with E-state index in [1.54, 1.807) is 12.3 Å². The molecule has 2 aromatic heterocycles. The zero-order chi connectivity index (χ0) is 11.7. The van der Waals surface area contributed by atoms with E-state index in [1.807, 2.05) is 13.0 Å². The van der Waals surface area contributed by atoms with E-state index in [9.17, 15) is 0 Å². The molecule has 0 aliphatic carbocycles. The van der Waals surface area contributed by atoms with E-state index in [1.165, 1.54) is 0 Å². The van der Waals surface area contributed by atoms with Crippen LogP contribution in [0.25, 0.3) is 11.1 Å². The van der Waals surface area contributed by atoms with Crippen molar-refractivity contribution >= 4 is 23.4 Å². The summed E-state index contributed by atoms with van der Waals surface area (Å²) in [6.07, 6.45) is 1.63. The highest BCUT2D eigenvalue weighted by Gasteiger charge is 2.11. The normalized spacial score (nSPS) is 10.4. The highest BCUT2D eigenvalue weighted by atomic mass is 35.5. The van der Waals surface area contributed by atoms with Crippen LogP contribution in [0.15, 0.2) is 18.3 Å². The Balaban J connectivity index is 2.60. The molecule has 0 radical (unpaired) electrons. The van der Waals surface area contributed by atoms with Crippen molar-refractivity contribution < 1.29 is 0 Å². The van der Waals surface area contributed by atoms with Crippen molar-refractivity contribution in [2.75, 3.05) is 11.5 Å². The van der Waals surface area contributed by atoms with Crippen molar-refractivity contribution in [3.63, 3.8) is 0 Å². The molecule has 6 heteroatoms. The Labute approximate surface area is 97.5 Å². The van der Waals surface area contributed by atoms with Crippen LogP contribution in [-0.4, -0.2) is 15.0 Å². The summed E-state index contributed by atoms with van der Waals surface area (Å²) in [4.78, 5) is 12.0. The second-order valence-corrected chi connectivity index (χ2v) is 3.66. The number of nitrogens with two attached hydrogens (primary N) is 2. The first-order valence-corrected chi connectivity index (χ1v) is 4.97. The Hall–Kier alpha value is -1.88. The molecule has 0 aliphatic heterocycles. The largest absolute Gasteiger partial charge is 0.384 e. The number of hydrogen-bond acceptors (Lipinski definition) is 5. The number of hydrogen-bond donors (Lipinski definition) is 2. The molecule has 0 atom stereocenters. The lowest BCUT2D eigenvalue weighted by molar-refractivity contribution is 1.12. The molecule has 0 bridgehead atoms. The average molecular weight is 236 g/mol. The number of pyridine rings is 1. The van der Waals surface area contributed by atoms with Crippen LogP contribution in [0.2, 0.25) is 5.15 Å². The summed E-state index contributed by atoms with van der Waals surface area (Å²) in [5.41, 5.74) is 13.3. The maximum atomic E-state index is 6.02. The van der Waals surface area contributed by atoms with Gasteiger partial charge in [-0.25, -0.2) is 15.0 Å². The highest BCUT2D eigenvalue weighted by Crippen LogP contribution is 2.28. The van der Waals surface area contributed by atoms with Gasteiger partial charge in [-0.2, -0.15) is 0 Å². The lowest BCUT2D eigenvalue weighted by Gasteiger charge is -2.07. The van der Waals surface area contributed by atoms with Crippen LogP contribution in [0.5, 0.6) is 0 Å². The van der Waals surface area contributed by atoms with Crippen LogP contribution < -0.4 is 11.5 Å². The van der Waals surface area contributed by atoms with Crippen molar-refractivity contribution in [1.82, 2.24) is 15.0 Å². The Morgan fingerprint density at radius 3 is 2.50 bits per heavy atom. The molecule has 82 valence electrons. The van der Waals surface area contributed by atoms with Gasteiger partial charge in [0.25, 0.3) is 0 Å². The van der Waals surface area contributed by atoms with Crippen molar-refractivity contribution in [3.8, 4) is 11.1 Å². The fraction of sp³-hybridized carbons (Fsp3) is 0.100. The molecule has 2 aromatic rings. The second kappa shape index (κ2) is 3.94. The van der Waals surface area contributed by atoms with E-state index in [-0.39, 0.29) is 5.95 Å². The van der Waals surface area contributed by atoms with E-state index < -0.39 is 0 Å². The second-order valence-electron chi connectivity index (χ2n) is 3.30. The first-order chi connectivity index (χ1) is 7.58. The predicted molar refractivity (Wildman–Crippen MR) is 63.8 cm³/mol. The monoisotopic (exact) mass is 235 g/mol. The van der Waals surface area contributed by atoms with E-state index in [0.29, 0.717) is 16.7 Å². The molecule has 2 heterocycles. The minimum atomic E-state index is 0.162. The van der Waals surface area contributed by atoms with Crippen LogP contribution in [0.3, 0.4) is 0 Å². The molecule has 2 rings (SSSR count). The SMILES string of the molecule is Cc1nc(N)nc(Cl)c1-c1ccc(N)nc1. The number of aromatic nitrogens is 3. The summed E-state index contributed by atoms with van der Waals surface area (Å²) in [7, 11) is 0. The van der Waals surface area contributed by atoms with E-state index in [2.05, 4.69) is 15.0 Å². The molecule has 0 aliphatic rings. The fourth-order valence-corrected chi connectivity index (χ4v) is 1.77. The summed E-state index contributed by atoms with van der Waals surface area (Å²) in [6, 6.07) is 3.51. The van der Waals surface area contributed by atoms with Crippen molar-refractivity contribution in [2.45, 2.75) is 6.92 Å². The fourth-order valence-electron chi connectivity index (χ4n) is 1.44. The van der Waals surface area contributed by atoms with Crippen LogP contribution >= 0.6 is 11.6 Å². The molecule has 0 unspecified atom stereocenters. The summed E-state index contributed by atoms with van der Waals surface area (Å²) < 4.78 is 0. The quantitative estimate of drug-likeness (QED) is 0.734. The predicted octanol–water partition coefficient (Wildman–Crippen LogP) is 1.66. The summed E-state index contributed by atoms with van der Waals surface area (Å²) in [6.45, 7) is 1.82. The third-order valence-corrected chi connectivity index (χ3v) is 2.41. The number of aryl methyl sites for hydroxylation is 1. The molecule has 0 saturated heterocycles. The first-order valence-electron chi connectivity index (χ1n) is 4.59. The smallest absolute Gasteiger partial charge is 0.221 e. The number of nitrogen functional groups attached to an aromatic ring is 2. The average Bonchev–Trinajstić information content (AvgIpc) is 2.19. The van der Waals surface area contributed by atoms with Crippen LogP contribution in [0.4, 0.5) is 11.8 Å². The van der Waals surface area contributed by atoms with Gasteiger partial charge in [-0.1, -0.05) is 11.6 Å². The third-order valence-electron chi connectivity index (χ3n) is 2.14. The molecule has 0 spiro atoms. The van der Waals surface area contributed by atoms with Crippen molar-refractivity contribution in [1.29, 1.82) is 0 Å². The maximum absolute atomic E-state index is 6.02. The number of rotatable bonds is 1. The molecule has 16 heavy (non-hydrogen) atoms. The van der Waals surface area contributed by atoms with Gasteiger partial charge in [0.15, 0.2) is 0 Å². The van der Waals surface area contributed by atoms with Gasteiger partial charge in [-0.3, -0.25) is 0 Å². The molecule has 0 saturated carbocycles. The van der Waals surface area contributed by atoms with Crippen LogP contribution in [0, 0.1) is 6.92 Å². The van der Waals surface area contributed by atoms with Crippen LogP contribution in [-0.2, 0) is 0 Å². The third kappa shape index (κ3) is 1.90. The Morgan fingerprint density at radius 2 is 1.94 bits per heavy atom. The van der Waals surface area contributed by atoms with E-state index >= 15 is 0 Å². The van der Waals surface area contributed by atoms with Crippen molar-refractivity contribution in [3.05, 3.63) is 29.2 Å². The van der Waals surface area contributed by atoms with Gasteiger partial charge in [0.05, 0.1) is 5.69 Å². The van der Waals surface area contributed by atoms with E-state index in [4.69, 9.17) is 23.1 Å². The topological polar surface area (TPSA) is 90.7 Å². The van der Waals surface area contributed by atoms with Gasteiger partial charge in [-0.15, -0.1) is 0 Å². The molecule has 0 fully saturated rings. The van der Waals surface area contributed by atoms with Gasteiger partial charge in [0, 0.05) is 17.3 Å². The zero-order valence-corrected chi connectivity index (χ0v) is 9.36. The summed E-state index contributed by atoms with van der Waals surface area (Å²) in [5, 5.41) is 0.316. The zero-order valence-electron chi connectivity index (χ0n) is 8.61. The standard InChI is InChI=1S/C10H10ClN5/c1-5-8(9(11)16-10(13)15-5)6-2-3-7(12)14-4-6/h2-4H,1H3,(H2,12,14)(H2,13,15,16). The Morgan fingerprint density at radius 1 is 1.19 bits per heavy atom. The number of halogens is 1. The van der Waals surface area contributed by atoms with Crippen LogP contribution in [0.1, 0.15) is 5.69 Å².